The molecule has 0 fully saturated rings. The van der Waals surface area contributed by atoms with E-state index < -0.39 is 7.32 Å². The first-order valence-electron chi connectivity index (χ1n) is 2.12. The van der Waals surface area contributed by atoms with Crippen LogP contribution in [0.15, 0.2) is 0 Å². The van der Waals surface area contributed by atoms with E-state index >= 15 is 0 Å². The second kappa shape index (κ2) is 5.61. The van der Waals surface area contributed by atoms with Crippen LogP contribution in [-0.4, -0.2) is 26.7 Å². The van der Waals surface area contributed by atoms with E-state index in [0.29, 0.717) is 0 Å². The zero-order valence-electron chi connectivity index (χ0n) is 4.76. The van der Waals surface area contributed by atoms with Crippen LogP contribution in [0.3, 0.4) is 0 Å². The van der Waals surface area contributed by atoms with Crippen molar-refractivity contribution in [2.45, 2.75) is 0 Å². The van der Waals surface area contributed by atoms with Gasteiger partial charge in [-0.2, -0.15) is 0 Å². The standard InChI is InChI=1S/C3H3BO6/c5-1-8-4(9-2-6)10-3-7/h1-3H. The Hall–Kier alpha value is -1.53. The van der Waals surface area contributed by atoms with E-state index in [-0.39, 0.29) is 19.4 Å². The van der Waals surface area contributed by atoms with Crippen LogP contribution < -0.4 is 0 Å². The first-order chi connectivity index (χ1) is 4.85. The predicted molar refractivity (Wildman–Crippen MR) is 27.2 cm³/mol. The minimum absolute atomic E-state index is 0.0162. The van der Waals surface area contributed by atoms with E-state index in [4.69, 9.17) is 0 Å². The SMILES string of the molecule is O=COB(OC=O)OC=O. The number of rotatable bonds is 6. The molecule has 0 bridgehead atoms. The molecular formula is C3H3BO6. The maximum atomic E-state index is 9.55. The van der Waals surface area contributed by atoms with Crippen molar-refractivity contribution in [2.75, 3.05) is 0 Å². The Morgan fingerprint density at radius 1 is 0.800 bits per heavy atom. The zero-order valence-corrected chi connectivity index (χ0v) is 4.76. The fraction of sp³-hybridized carbons (Fsp3) is 0. The topological polar surface area (TPSA) is 78.9 Å². The summed E-state index contributed by atoms with van der Waals surface area (Å²) in [5, 5.41) is 0. The van der Waals surface area contributed by atoms with Gasteiger partial charge in [0.05, 0.1) is 0 Å². The second-order valence-corrected chi connectivity index (χ2v) is 0.986. The predicted octanol–water partition coefficient (Wildman–Crippen LogP) is -1.51. The van der Waals surface area contributed by atoms with Gasteiger partial charge >= 0.3 is 7.32 Å². The van der Waals surface area contributed by atoms with Gasteiger partial charge in [0.2, 0.25) is 0 Å². The second-order valence-electron chi connectivity index (χ2n) is 0.986. The molecule has 0 unspecified atom stereocenters. The highest BCUT2D eigenvalue weighted by atomic mass is 16.8. The van der Waals surface area contributed by atoms with Crippen molar-refractivity contribution in [3.8, 4) is 0 Å². The van der Waals surface area contributed by atoms with E-state index in [1.165, 1.54) is 0 Å². The molecule has 0 saturated carbocycles. The summed E-state index contributed by atoms with van der Waals surface area (Å²) in [5.41, 5.74) is 0. The fourth-order valence-electron chi connectivity index (χ4n) is 0.232. The van der Waals surface area contributed by atoms with E-state index in [9.17, 15) is 14.4 Å². The fourth-order valence-corrected chi connectivity index (χ4v) is 0.232. The van der Waals surface area contributed by atoms with Crippen molar-refractivity contribution in [3.63, 3.8) is 0 Å². The summed E-state index contributed by atoms with van der Waals surface area (Å²) in [6.45, 7) is -0.0486. The molecule has 0 aromatic rings. The molecule has 0 N–H and O–H groups in total. The Kier molecular flexibility index (Phi) is 4.75. The molecule has 0 heterocycles. The third-order valence-corrected chi connectivity index (χ3v) is 0.500. The van der Waals surface area contributed by atoms with E-state index in [2.05, 4.69) is 14.0 Å². The van der Waals surface area contributed by atoms with Gasteiger partial charge < -0.3 is 14.0 Å². The summed E-state index contributed by atoms with van der Waals surface area (Å²) in [7, 11) is -1.58. The van der Waals surface area contributed by atoms with Crippen LogP contribution in [0, 0.1) is 0 Å². The minimum atomic E-state index is -1.58. The lowest BCUT2D eigenvalue weighted by Gasteiger charge is -2.01. The maximum Gasteiger partial charge on any atom is 0.869 e. The van der Waals surface area contributed by atoms with Gasteiger partial charge in [0, 0.05) is 0 Å². The lowest BCUT2D eigenvalue weighted by atomic mass is 10.2. The Morgan fingerprint density at radius 2 is 1.10 bits per heavy atom. The van der Waals surface area contributed by atoms with Gasteiger partial charge in [-0.1, -0.05) is 0 Å². The number of hydrogen-bond donors (Lipinski definition) is 0. The van der Waals surface area contributed by atoms with Crippen LogP contribution in [0.2, 0.25) is 0 Å². The number of hydrogen-bond acceptors (Lipinski definition) is 6. The molecule has 0 aliphatic carbocycles. The van der Waals surface area contributed by atoms with Gasteiger partial charge in [-0.3, -0.25) is 14.4 Å². The molecule has 0 saturated heterocycles. The average molecular weight is 146 g/mol. The summed E-state index contributed by atoms with van der Waals surface area (Å²) in [4.78, 5) is 28.7. The Balaban J connectivity index is 3.58. The molecular weight excluding hydrogens is 143 g/mol. The molecule has 0 atom stereocenters. The van der Waals surface area contributed by atoms with Crippen LogP contribution in [0.1, 0.15) is 0 Å². The molecule has 10 heavy (non-hydrogen) atoms. The molecule has 0 radical (unpaired) electrons. The van der Waals surface area contributed by atoms with Crippen molar-refractivity contribution in [3.05, 3.63) is 0 Å². The van der Waals surface area contributed by atoms with Gasteiger partial charge in [0.1, 0.15) is 0 Å². The Bertz CT molecular complexity index is 100. The lowest BCUT2D eigenvalue weighted by molar-refractivity contribution is -0.132. The molecule has 0 amide bonds. The van der Waals surface area contributed by atoms with Crippen molar-refractivity contribution in [1.29, 1.82) is 0 Å². The monoisotopic (exact) mass is 146 g/mol. The summed E-state index contributed by atoms with van der Waals surface area (Å²) in [5.74, 6) is 0. The zero-order chi connectivity index (χ0) is 7.82. The molecule has 7 heteroatoms. The van der Waals surface area contributed by atoms with Gasteiger partial charge in [0.25, 0.3) is 19.4 Å². The van der Waals surface area contributed by atoms with Crippen LogP contribution in [0.25, 0.3) is 0 Å². The first kappa shape index (κ1) is 8.47. The van der Waals surface area contributed by atoms with Gasteiger partial charge in [-0.15, -0.1) is 0 Å². The Morgan fingerprint density at radius 3 is 1.30 bits per heavy atom. The molecule has 54 valence electrons. The third-order valence-electron chi connectivity index (χ3n) is 0.500. The van der Waals surface area contributed by atoms with E-state index in [1.54, 1.807) is 0 Å². The quantitative estimate of drug-likeness (QED) is 0.334. The molecule has 0 aromatic carbocycles. The van der Waals surface area contributed by atoms with Crippen molar-refractivity contribution >= 4 is 26.7 Å². The summed E-state index contributed by atoms with van der Waals surface area (Å²) in [6.07, 6.45) is 0. The third kappa shape index (κ3) is 3.47. The highest BCUT2D eigenvalue weighted by Gasteiger charge is 2.26. The molecule has 6 nitrogen and oxygen atoms in total. The molecule has 0 aromatic heterocycles. The smallest absolute Gasteiger partial charge is 0.464 e. The van der Waals surface area contributed by atoms with Crippen LogP contribution in [0.4, 0.5) is 0 Å². The molecule has 0 aliphatic heterocycles. The summed E-state index contributed by atoms with van der Waals surface area (Å²) < 4.78 is 11.8. The van der Waals surface area contributed by atoms with Crippen molar-refractivity contribution < 1.29 is 28.3 Å². The summed E-state index contributed by atoms with van der Waals surface area (Å²) in [6, 6.07) is 0. The average Bonchev–Trinajstić information content (AvgIpc) is 1.90. The van der Waals surface area contributed by atoms with Crippen LogP contribution in [-0.2, 0) is 28.3 Å². The van der Waals surface area contributed by atoms with E-state index in [1.807, 2.05) is 0 Å². The normalized spacial score (nSPS) is 7.20. The van der Waals surface area contributed by atoms with E-state index in [0.717, 1.165) is 0 Å². The number of carbonyl (C=O) groups excluding carboxylic acids is 3. The van der Waals surface area contributed by atoms with Crippen molar-refractivity contribution in [1.82, 2.24) is 0 Å². The molecule has 0 aliphatic rings. The molecule has 0 spiro atoms. The Labute approximate surface area is 56.2 Å². The van der Waals surface area contributed by atoms with Gasteiger partial charge in [0.15, 0.2) is 0 Å². The van der Waals surface area contributed by atoms with Gasteiger partial charge in [-0.05, 0) is 0 Å². The summed E-state index contributed by atoms with van der Waals surface area (Å²) >= 11 is 0. The number of carbonyl (C=O) groups is 3. The van der Waals surface area contributed by atoms with Crippen LogP contribution >= 0.6 is 0 Å². The highest BCUT2D eigenvalue weighted by Crippen LogP contribution is 1.83. The largest absolute Gasteiger partial charge is 0.869 e. The van der Waals surface area contributed by atoms with Crippen molar-refractivity contribution in [2.24, 2.45) is 0 Å². The molecule has 0 rings (SSSR count). The maximum absolute atomic E-state index is 9.55. The van der Waals surface area contributed by atoms with Crippen LogP contribution in [0.5, 0.6) is 0 Å². The highest BCUT2D eigenvalue weighted by molar-refractivity contribution is 6.41. The minimum Gasteiger partial charge on any atom is -0.464 e. The van der Waals surface area contributed by atoms with Gasteiger partial charge in [-0.25, -0.2) is 0 Å². The first-order valence-corrected chi connectivity index (χ1v) is 2.12. The lowest BCUT2D eigenvalue weighted by Crippen LogP contribution is -2.25.